The van der Waals surface area contributed by atoms with Crippen molar-refractivity contribution in [1.82, 2.24) is 5.32 Å². The van der Waals surface area contributed by atoms with Crippen molar-refractivity contribution >= 4 is 23.5 Å². The summed E-state index contributed by atoms with van der Waals surface area (Å²) in [7, 11) is 0. The van der Waals surface area contributed by atoms with Gasteiger partial charge in [0, 0.05) is 0 Å². The fourth-order valence-electron chi connectivity index (χ4n) is 1.25. The molecule has 0 heterocycles. The summed E-state index contributed by atoms with van der Waals surface area (Å²) in [6.45, 7) is 1.28. The van der Waals surface area contributed by atoms with Crippen LogP contribution >= 0.6 is 11.6 Å². The van der Waals surface area contributed by atoms with Crippen LogP contribution in [0.4, 0.5) is 0 Å². The third kappa shape index (κ3) is 3.44. The third-order valence-electron chi connectivity index (χ3n) is 2.15. The Kier molecular flexibility index (Phi) is 4.48. The largest absolute Gasteiger partial charge is 0.480 e. The van der Waals surface area contributed by atoms with E-state index in [9.17, 15) is 14.7 Å². The molecule has 0 aliphatic carbocycles. The van der Waals surface area contributed by atoms with Crippen LogP contribution in [0.1, 0.15) is 17.3 Å². The molecule has 6 heteroatoms. The summed E-state index contributed by atoms with van der Waals surface area (Å²) < 4.78 is 0. The molecule has 0 aliphatic rings. The van der Waals surface area contributed by atoms with Crippen LogP contribution in [0.25, 0.3) is 0 Å². The van der Waals surface area contributed by atoms with Gasteiger partial charge in [-0.15, -0.1) is 0 Å². The number of amides is 1. The second-order valence-corrected chi connectivity index (χ2v) is 3.92. The lowest BCUT2D eigenvalue weighted by atomic mass is 10.1. The summed E-state index contributed by atoms with van der Waals surface area (Å²) >= 11 is 5.79. The SMILES string of the molecule is CC(O)C(NC(=O)c1ccccc1Cl)C(=O)O. The van der Waals surface area contributed by atoms with E-state index in [1.54, 1.807) is 12.1 Å². The van der Waals surface area contributed by atoms with Gasteiger partial charge in [-0.25, -0.2) is 4.79 Å². The molecule has 92 valence electrons. The van der Waals surface area contributed by atoms with Crippen molar-refractivity contribution in [2.45, 2.75) is 19.1 Å². The van der Waals surface area contributed by atoms with Crippen LogP contribution < -0.4 is 5.32 Å². The van der Waals surface area contributed by atoms with Gasteiger partial charge >= 0.3 is 5.97 Å². The van der Waals surface area contributed by atoms with Crippen LogP contribution in [0.2, 0.25) is 5.02 Å². The van der Waals surface area contributed by atoms with Gasteiger partial charge in [-0.1, -0.05) is 23.7 Å². The third-order valence-corrected chi connectivity index (χ3v) is 2.48. The molecular weight excluding hydrogens is 246 g/mol. The van der Waals surface area contributed by atoms with Crippen LogP contribution in [0.5, 0.6) is 0 Å². The number of hydrogen-bond acceptors (Lipinski definition) is 3. The lowest BCUT2D eigenvalue weighted by Crippen LogP contribution is -2.47. The van der Waals surface area contributed by atoms with Gasteiger partial charge < -0.3 is 15.5 Å². The molecule has 0 saturated carbocycles. The first kappa shape index (κ1) is 13.5. The monoisotopic (exact) mass is 257 g/mol. The van der Waals surface area contributed by atoms with E-state index < -0.39 is 24.0 Å². The molecule has 0 bridgehead atoms. The van der Waals surface area contributed by atoms with Crippen LogP contribution in [-0.2, 0) is 4.79 Å². The Hall–Kier alpha value is -1.59. The van der Waals surface area contributed by atoms with Crippen molar-refractivity contribution in [2.24, 2.45) is 0 Å². The van der Waals surface area contributed by atoms with Crippen molar-refractivity contribution in [1.29, 1.82) is 0 Å². The molecule has 0 aliphatic heterocycles. The topological polar surface area (TPSA) is 86.6 Å². The highest BCUT2D eigenvalue weighted by Crippen LogP contribution is 2.14. The van der Waals surface area contributed by atoms with Gasteiger partial charge in [0.2, 0.25) is 0 Å². The lowest BCUT2D eigenvalue weighted by Gasteiger charge is -2.17. The quantitative estimate of drug-likeness (QED) is 0.748. The van der Waals surface area contributed by atoms with E-state index in [-0.39, 0.29) is 10.6 Å². The number of carbonyl (C=O) groups is 2. The highest BCUT2D eigenvalue weighted by atomic mass is 35.5. The van der Waals surface area contributed by atoms with E-state index in [1.165, 1.54) is 19.1 Å². The van der Waals surface area contributed by atoms with Crippen LogP contribution in [0, 0.1) is 0 Å². The molecule has 5 nitrogen and oxygen atoms in total. The summed E-state index contributed by atoms with van der Waals surface area (Å²) in [6.07, 6.45) is -1.20. The second kappa shape index (κ2) is 5.65. The minimum absolute atomic E-state index is 0.168. The van der Waals surface area contributed by atoms with Crippen LogP contribution in [0.3, 0.4) is 0 Å². The number of aliphatic carboxylic acids is 1. The molecule has 1 amide bonds. The summed E-state index contributed by atoms with van der Waals surface area (Å²) in [4.78, 5) is 22.5. The minimum Gasteiger partial charge on any atom is -0.480 e. The Morgan fingerprint density at radius 2 is 1.94 bits per heavy atom. The zero-order valence-corrected chi connectivity index (χ0v) is 9.81. The maximum atomic E-state index is 11.7. The fourth-order valence-corrected chi connectivity index (χ4v) is 1.47. The number of hydrogen-bond donors (Lipinski definition) is 3. The van der Waals surface area contributed by atoms with Gasteiger partial charge in [0.15, 0.2) is 6.04 Å². The van der Waals surface area contributed by atoms with Gasteiger partial charge in [-0.2, -0.15) is 0 Å². The van der Waals surface area contributed by atoms with Crippen LogP contribution in [-0.4, -0.2) is 34.2 Å². The number of nitrogens with one attached hydrogen (secondary N) is 1. The first-order valence-electron chi connectivity index (χ1n) is 4.89. The molecule has 0 spiro atoms. The number of carboxylic acid groups (broad SMARTS) is 1. The Balaban J connectivity index is 2.85. The standard InChI is InChI=1S/C11H12ClNO4/c1-6(14)9(11(16)17)13-10(15)7-4-2-3-5-8(7)12/h2-6,9,14H,1H3,(H,13,15)(H,16,17). The minimum atomic E-state index is -1.36. The lowest BCUT2D eigenvalue weighted by molar-refractivity contribution is -0.141. The predicted octanol–water partition coefficient (Wildman–Crippen LogP) is 0.904. The molecule has 0 radical (unpaired) electrons. The van der Waals surface area contributed by atoms with E-state index in [0.717, 1.165) is 0 Å². The zero-order chi connectivity index (χ0) is 13.0. The van der Waals surface area contributed by atoms with Crippen molar-refractivity contribution in [3.8, 4) is 0 Å². The maximum absolute atomic E-state index is 11.7. The van der Waals surface area contributed by atoms with E-state index in [1.807, 2.05) is 0 Å². The van der Waals surface area contributed by atoms with Crippen molar-refractivity contribution < 1.29 is 19.8 Å². The number of carboxylic acids is 1. The highest BCUT2D eigenvalue weighted by molar-refractivity contribution is 6.33. The molecule has 1 rings (SSSR count). The van der Waals surface area contributed by atoms with E-state index in [0.29, 0.717) is 0 Å². The molecular formula is C11H12ClNO4. The first-order valence-corrected chi connectivity index (χ1v) is 5.27. The molecule has 1 aromatic carbocycles. The van der Waals surface area contributed by atoms with E-state index in [4.69, 9.17) is 16.7 Å². The van der Waals surface area contributed by atoms with Crippen molar-refractivity contribution in [3.05, 3.63) is 34.9 Å². The number of carbonyl (C=O) groups excluding carboxylic acids is 1. The Morgan fingerprint density at radius 1 is 1.35 bits per heavy atom. The smallest absolute Gasteiger partial charge is 0.328 e. The average molecular weight is 258 g/mol. The van der Waals surface area contributed by atoms with Gasteiger partial charge in [-0.3, -0.25) is 4.79 Å². The predicted molar refractivity (Wildman–Crippen MR) is 62.0 cm³/mol. The Labute approximate surface area is 103 Å². The molecule has 0 saturated heterocycles. The zero-order valence-electron chi connectivity index (χ0n) is 9.05. The molecule has 0 aromatic heterocycles. The first-order chi connectivity index (χ1) is 7.93. The number of aliphatic hydroxyl groups is 1. The van der Waals surface area contributed by atoms with E-state index >= 15 is 0 Å². The maximum Gasteiger partial charge on any atom is 0.328 e. The van der Waals surface area contributed by atoms with Gasteiger partial charge in [-0.05, 0) is 19.1 Å². The second-order valence-electron chi connectivity index (χ2n) is 3.51. The molecule has 1 aromatic rings. The van der Waals surface area contributed by atoms with Crippen LogP contribution in [0.15, 0.2) is 24.3 Å². The van der Waals surface area contributed by atoms with Gasteiger partial charge in [0.25, 0.3) is 5.91 Å². The Morgan fingerprint density at radius 3 is 2.41 bits per heavy atom. The van der Waals surface area contributed by atoms with Gasteiger partial charge in [0.1, 0.15) is 0 Å². The Bertz CT molecular complexity index is 433. The average Bonchev–Trinajstić information content (AvgIpc) is 2.25. The number of rotatable bonds is 4. The summed E-state index contributed by atoms with van der Waals surface area (Å²) in [5.74, 6) is -1.94. The summed E-state index contributed by atoms with van der Waals surface area (Å²) in [5, 5.41) is 20.4. The number of benzene rings is 1. The van der Waals surface area contributed by atoms with Gasteiger partial charge in [0.05, 0.1) is 16.7 Å². The number of halogens is 1. The summed E-state index contributed by atoms with van der Waals surface area (Å²) in [5.41, 5.74) is 0.168. The normalized spacial score (nSPS) is 13.8. The molecule has 0 fully saturated rings. The number of aliphatic hydroxyl groups excluding tert-OH is 1. The highest BCUT2D eigenvalue weighted by Gasteiger charge is 2.25. The molecule has 17 heavy (non-hydrogen) atoms. The van der Waals surface area contributed by atoms with Crippen molar-refractivity contribution in [3.63, 3.8) is 0 Å². The fraction of sp³-hybridized carbons (Fsp3) is 0.273. The molecule has 2 unspecified atom stereocenters. The van der Waals surface area contributed by atoms with Crippen molar-refractivity contribution in [2.75, 3.05) is 0 Å². The summed E-state index contributed by atoms with van der Waals surface area (Å²) in [6, 6.07) is 4.90. The molecule has 3 N–H and O–H groups in total. The van der Waals surface area contributed by atoms with E-state index in [2.05, 4.69) is 5.32 Å². The molecule has 2 atom stereocenters.